The molecule has 23 heavy (non-hydrogen) atoms. The third-order valence-corrected chi connectivity index (χ3v) is 4.01. The van der Waals surface area contributed by atoms with Gasteiger partial charge >= 0.3 is 0 Å². The first-order valence-electron chi connectivity index (χ1n) is 7.83. The van der Waals surface area contributed by atoms with Crippen molar-refractivity contribution in [3.63, 3.8) is 0 Å². The maximum atomic E-state index is 12.8. The minimum absolute atomic E-state index is 0.0925. The van der Waals surface area contributed by atoms with Crippen molar-refractivity contribution < 1.29 is 14.3 Å². The molecule has 1 amide bonds. The van der Waals surface area contributed by atoms with Gasteiger partial charge in [-0.25, -0.2) is 4.68 Å². The summed E-state index contributed by atoms with van der Waals surface area (Å²) in [5, 5.41) is 4.44. The third-order valence-electron chi connectivity index (χ3n) is 4.01. The van der Waals surface area contributed by atoms with Crippen molar-refractivity contribution in [1.29, 1.82) is 0 Å². The van der Waals surface area contributed by atoms with E-state index in [0.717, 1.165) is 12.1 Å². The summed E-state index contributed by atoms with van der Waals surface area (Å²) >= 11 is 0. The Labute approximate surface area is 135 Å². The van der Waals surface area contributed by atoms with Gasteiger partial charge in [-0.1, -0.05) is 25.1 Å². The van der Waals surface area contributed by atoms with Crippen molar-refractivity contribution in [2.24, 2.45) is 0 Å². The zero-order chi connectivity index (χ0) is 16.2. The van der Waals surface area contributed by atoms with E-state index < -0.39 is 0 Å². The molecule has 122 valence electrons. The minimum atomic E-state index is -0.113. The van der Waals surface area contributed by atoms with Crippen molar-refractivity contribution in [1.82, 2.24) is 14.7 Å². The molecular formula is C17H21N3O3. The minimum Gasteiger partial charge on any atom is -0.493 e. The molecule has 1 aliphatic heterocycles. The number of hydrogen-bond acceptors (Lipinski definition) is 4. The maximum Gasteiger partial charge on any atom is 0.278 e. The van der Waals surface area contributed by atoms with Gasteiger partial charge in [0, 0.05) is 13.1 Å². The highest BCUT2D eigenvalue weighted by molar-refractivity contribution is 5.95. The average molecular weight is 315 g/mol. The summed E-state index contributed by atoms with van der Waals surface area (Å²) in [6.07, 6.45) is 2.72. The van der Waals surface area contributed by atoms with E-state index in [2.05, 4.69) is 12.0 Å². The van der Waals surface area contributed by atoms with Crippen molar-refractivity contribution in [2.75, 3.05) is 26.8 Å². The number of nitrogens with zero attached hydrogens (tertiary/aromatic N) is 3. The summed E-state index contributed by atoms with van der Waals surface area (Å²) in [6, 6.07) is 9.66. The lowest BCUT2D eigenvalue weighted by Gasteiger charge is -2.32. The number of benzene rings is 1. The lowest BCUT2D eigenvalue weighted by molar-refractivity contribution is -0.0229. The normalized spacial score (nSPS) is 18.0. The van der Waals surface area contributed by atoms with Gasteiger partial charge in [0.15, 0.2) is 11.4 Å². The van der Waals surface area contributed by atoms with Gasteiger partial charge in [-0.15, -0.1) is 0 Å². The van der Waals surface area contributed by atoms with Crippen LogP contribution in [0, 0.1) is 0 Å². The zero-order valence-corrected chi connectivity index (χ0v) is 13.4. The fourth-order valence-electron chi connectivity index (χ4n) is 2.67. The molecule has 1 saturated heterocycles. The number of ether oxygens (including phenoxy) is 2. The van der Waals surface area contributed by atoms with E-state index >= 15 is 0 Å². The molecule has 1 aromatic heterocycles. The quantitative estimate of drug-likeness (QED) is 0.867. The highest BCUT2D eigenvalue weighted by Gasteiger charge is 2.28. The lowest BCUT2D eigenvalue weighted by atomic mass is 10.2. The molecular weight excluding hydrogens is 294 g/mol. The first-order valence-corrected chi connectivity index (χ1v) is 7.83. The Morgan fingerprint density at radius 1 is 1.39 bits per heavy atom. The van der Waals surface area contributed by atoms with E-state index in [1.54, 1.807) is 22.9 Å². The Balaban J connectivity index is 1.87. The number of aromatic nitrogens is 2. The second-order valence-corrected chi connectivity index (χ2v) is 5.48. The van der Waals surface area contributed by atoms with Gasteiger partial charge in [-0.05, 0) is 18.6 Å². The Morgan fingerprint density at radius 2 is 2.17 bits per heavy atom. The number of carbonyl (C=O) groups is 1. The molecule has 1 aliphatic rings. The number of amides is 1. The van der Waals surface area contributed by atoms with Crippen molar-refractivity contribution in [3.05, 3.63) is 42.2 Å². The fraction of sp³-hybridized carbons (Fsp3) is 0.412. The second kappa shape index (κ2) is 6.83. The number of para-hydroxylation sites is 1. The van der Waals surface area contributed by atoms with Crippen molar-refractivity contribution in [3.8, 4) is 11.4 Å². The van der Waals surface area contributed by atoms with Crippen LogP contribution < -0.4 is 4.74 Å². The van der Waals surface area contributed by atoms with Gasteiger partial charge in [-0.3, -0.25) is 4.79 Å². The summed E-state index contributed by atoms with van der Waals surface area (Å²) in [5.41, 5.74) is 1.23. The number of rotatable bonds is 4. The monoisotopic (exact) mass is 315 g/mol. The maximum absolute atomic E-state index is 12.8. The zero-order valence-electron chi connectivity index (χ0n) is 13.4. The van der Waals surface area contributed by atoms with Crippen LogP contribution in [0.1, 0.15) is 23.8 Å². The summed E-state index contributed by atoms with van der Waals surface area (Å²) < 4.78 is 12.6. The molecule has 1 atom stereocenters. The van der Waals surface area contributed by atoms with E-state index in [-0.39, 0.29) is 12.0 Å². The van der Waals surface area contributed by atoms with E-state index in [9.17, 15) is 4.79 Å². The largest absolute Gasteiger partial charge is 0.493 e. The molecule has 0 unspecified atom stereocenters. The van der Waals surface area contributed by atoms with Crippen LogP contribution in [-0.4, -0.2) is 53.5 Å². The van der Waals surface area contributed by atoms with Gasteiger partial charge in [-0.2, -0.15) is 5.10 Å². The highest BCUT2D eigenvalue weighted by atomic mass is 16.5. The first kappa shape index (κ1) is 15.6. The second-order valence-electron chi connectivity index (χ2n) is 5.48. The Morgan fingerprint density at radius 3 is 2.87 bits per heavy atom. The van der Waals surface area contributed by atoms with Crippen LogP contribution >= 0.6 is 0 Å². The number of carbonyl (C=O) groups excluding carboxylic acids is 1. The number of hydrogen-bond donors (Lipinski definition) is 0. The SMILES string of the molecule is CC[C@@H]1CN(C(=O)c2nn(-c3ccccc3)cc2OC)CCO1. The molecule has 2 heterocycles. The molecule has 6 nitrogen and oxygen atoms in total. The van der Waals surface area contributed by atoms with Crippen LogP contribution in [0.15, 0.2) is 36.5 Å². The van der Waals surface area contributed by atoms with Crippen molar-refractivity contribution in [2.45, 2.75) is 19.4 Å². The van der Waals surface area contributed by atoms with Gasteiger partial charge in [0.1, 0.15) is 0 Å². The Kier molecular flexibility index (Phi) is 4.62. The summed E-state index contributed by atoms with van der Waals surface area (Å²) in [7, 11) is 1.55. The van der Waals surface area contributed by atoms with E-state index in [0.29, 0.717) is 31.1 Å². The van der Waals surface area contributed by atoms with Crippen LogP contribution in [-0.2, 0) is 4.74 Å². The number of methoxy groups -OCH3 is 1. The summed E-state index contributed by atoms with van der Waals surface area (Å²) in [6.45, 7) is 3.79. The van der Waals surface area contributed by atoms with Gasteiger partial charge in [0.25, 0.3) is 5.91 Å². The van der Waals surface area contributed by atoms with Crippen molar-refractivity contribution >= 4 is 5.91 Å². The number of morpholine rings is 1. The van der Waals surface area contributed by atoms with E-state index in [1.165, 1.54) is 0 Å². The average Bonchev–Trinajstić information content (AvgIpc) is 3.06. The van der Waals surface area contributed by atoms with Crippen LogP contribution in [0.5, 0.6) is 5.75 Å². The van der Waals surface area contributed by atoms with Crippen LogP contribution in [0.4, 0.5) is 0 Å². The molecule has 3 rings (SSSR count). The van der Waals surface area contributed by atoms with E-state index in [1.807, 2.05) is 30.3 Å². The first-order chi connectivity index (χ1) is 11.2. The molecule has 0 radical (unpaired) electrons. The summed E-state index contributed by atoms with van der Waals surface area (Å²) in [5.74, 6) is 0.372. The van der Waals surface area contributed by atoms with Gasteiger partial charge < -0.3 is 14.4 Å². The molecule has 1 aromatic carbocycles. The Hall–Kier alpha value is -2.34. The molecule has 6 heteroatoms. The molecule has 0 saturated carbocycles. The Bertz CT molecular complexity index is 669. The molecule has 0 N–H and O–H groups in total. The van der Waals surface area contributed by atoms with E-state index in [4.69, 9.17) is 9.47 Å². The van der Waals surface area contributed by atoms with Crippen LogP contribution in [0.25, 0.3) is 5.69 Å². The predicted molar refractivity (Wildman–Crippen MR) is 86.1 cm³/mol. The summed E-state index contributed by atoms with van der Waals surface area (Å²) in [4.78, 5) is 14.6. The van der Waals surface area contributed by atoms with Crippen LogP contribution in [0.2, 0.25) is 0 Å². The molecule has 0 spiro atoms. The standard InChI is InChI=1S/C17H21N3O3/c1-3-14-11-19(9-10-23-14)17(21)16-15(22-2)12-20(18-16)13-7-5-4-6-8-13/h4-8,12,14H,3,9-11H2,1-2H3/t14-/m1/s1. The smallest absolute Gasteiger partial charge is 0.278 e. The highest BCUT2D eigenvalue weighted by Crippen LogP contribution is 2.22. The molecule has 1 fully saturated rings. The molecule has 2 aromatic rings. The fourth-order valence-corrected chi connectivity index (χ4v) is 2.67. The molecule has 0 aliphatic carbocycles. The lowest BCUT2D eigenvalue weighted by Crippen LogP contribution is -2.45. The van der Waals surface area contributed by atoms with Crippen LogP contribution in [0.3, 0.4) is 0 Å². The van der Waals surface area contributed by atoms with Gasteiger partial charge in [0.2, 0.25) is 0 Å². The predicted octanol–water partition coefficient (Wildman–Crippen LogP) is 2.13. The third kappa shape index (κ3) is 3.22. The topological polar surface area (TPSA) is 56.6 Å². The van der Waals surface area contributed by atoms with Gasteiger partial charge in [0.05, 0.1) is 31.7 Å². The molecule has 0 bridgehead atoms.